The summed E-state index contributed by atoms with van der Waals surface area (Å²) in [6.07, 6.45) is 1.75. The van der Waals surface area contributed by atoms with E-state index in [1.54, 1.807) is 6.34 Å². The van der Waals surface area contributed by atoms with Crippen LogP contribution in [0.2, 0.25) is 5.02 Å². The van der Waals surface area contributed by atoms with E-state index < -0.39 is 0 Å². The van der Waals surface area contributed by atoms with Crippen molar-refractivity contribution in [3.8, 4) is 0 Å². The van der Waals surface area contributed by atoms with Crippen LogP contribution < -0.4 is 5.32 Å². The van der Waals surface area contributed by atoms with Gasteiger partial charge < -0.3 is 5.32 Å². The molecule has 2 nitrogen and oxygen atoms in total. The maximum absolute atomic E-state index is 5.93. The predicted octanol–water partition coefficient (Wildman–Crippen LogP) is 2.32. The summed E-state index contributed by atoms with van der Waals surface area (Å²) >= 11 is 5.93. The molecule has 0 aromatic heterocycles. The number of benzene rings is 1. The first-order valence-corrected chi connectivity index (χ1v) is 4.65. The van der Waals surface area contributed by atoms with Crippen LogP contribution in [0.3, 0.4) is 0 Å². The monoisotopic (exact) mass is 194 g/mol. The van der Waals surface area contributed by atoms with Crippen molar-refractivity contribution < 1.29 is 0 Å². The van der Waals surface area contributed by atoms with Crippen molar-refractivity contribution in [3.63, 3.8) is 0 Å². The van der Waals surface area contributed by atoms with E-state index in [1.165, 1.54) is 11.1 Å². The molecule has 1 aromatic rings. The molecule has 1 atom stereocenters. The Morgan fingerprint density at radius 1 is 1.54 bits per heavy atom. The number of hydrogen-bond donors (Lipinski definition) is 1. The van der Waals surface area contributed by atoms with Gasteiger partial charge in [0.1, 0.15) is 0 Å². The highest BCUT2D eigenvalue weighted by molar-refractivity contribution is 6.30. The molecule has 0 saturated carbocycles. The Morgan fingerprint density at radius 2 is 2.38 bits per heavy atom. The maximum atomic E-state index is 5.93. The van der Waals surface area contributed by atoms with Gasteiger partial charge in [-0.3, -0.25) is 4.99 Å². The van der Waals surface area contributed by atoms with Crippen molar-refractivity contribution in [2.45, 2.75) is 13.0 Å². The predicted molar refractivity (Wildman–Crippen MR) is 55.4 cm³/mol. The van der Waals surface area contributed by atoms with Crippen LogP contribution in [0.15, 0.2) is 23.2 Å². The largest absolute Gasteiger partial charge is 0.368 e. The minimum absolute atomic E-state index is 0.304. The van der Waals surface area contributed by atoms with Crippen molar-refractivity contribution in [1.29, 1.82) is 0 Å². The van der Waals surface area contributed by atoms with Gasteiger partial charge in [0.15, 0.2) is 0 Å². The number of halogens is 1. The Morgan fingerprint density at radius 3 is 3.08 bits per heavy atom. The number of nitrogens with zero attached hydrogens (tertiary/aromatic N) is 1. The number of nitrogens with one attached hydrogen (secondary N) is 1. The van der Waals surface area contributed by atoms with E-state index in [2.05, 4.69) is 17.2 Å². The summed E-state index contributed by atoms with van der Waals surface area (Å²) in [6, 6.07) is 6.26. The lowest BCUT2D eigenvalue weighted by atomic mass is 10.0. The summed E-state index contributed by atoms with van der Waals surface area (Å²) in [5.41, 5.74) is 2.50. The summed E-state index contributed by atoms with van der Waals surface area (Å²) in [6.45, 7) is 2.90. The molecule has 1 unspecified atom stereocenters. The maximum Gasteiger partial charge on any atom is 0.0830 e. The van der Waals surface area contributed by atoms with Crippen molar-refractivity contribution >= 4 is 17.9 Å². The second-order valence-electron chi connectivity index (χ2n) is 3.21. The fourth-order valence-electron chi connectivity index (χ4n) is 1.53. The molecule has 0 aliphatic carbocycles. The average Bonchev–Trinajstić information content (AvgIpc) is 2.61. The molecule has 1 aliphatic heterocycles. The van der Waals surface area contributed by atoms with Crippen LogP contribution in [0, 0.1) is 6.92 Å². The molecule has 0 bridgehead atoms. The molecule has 0 spiro atoms. The zero-order valence-electron chi connectivity index (χ0n) is 7.42. The minimum Gasteiger partial charge on any atom is -0.368 e. The van der Waals surface area contributed by atoms with E-state index in [0.29, 0.717) is 6.04 Å². The van der Waals surface area contributed by atoms with E-state index in [-0.39, 0.29) is 0 Å². The van der Waals surface area contributed by atoms with Crippen LogP contribution in [0.1, 0.15) is 17.2 Å². The second kappa shape index (κ2) is 3.38. The zero-order chi connectivity index (χ0) is 9.26. The lowest BCUT2D eigenvalue weighted by Gasteiger charge is -2.13. The van der Waals surface area contributed by atoms with Crippen LogP contribution in [0.4, 0.5) is 0 Å². The van der Waals surface area contributed by atoms with E-state index in [1.807, 2.05) is 18.2 Å². The zero-order valence-corrected chi connectivity index (χ0v) is 8.17. The molecular weight excluding hydrogens is 184 g/mol. The summed E-state index contributed by atoms with van der Waals surface area (Å²) in [5.74, 6) is 0. The highest BCUT2D eigenvalue weighted by atomic mass is 35.5. The fourth-order valence-corrected chi connectivity index (χ4v) is 1.71. The lowest BCUT2D eigenvalue weighted by Crippen LogP contribution is -2.16. The van der Waals surface area contributed by atoms with Crippen molar-refractivity contribution in [3.05, 3.63) is 34.3 Å². The van der Waals surface area contributed by atoms with E-state index >= 15 is 0 Å². The van der Waals surface area contributed by atoms with Gasteiger partial charge in [-0.1, -0.05) is 17.7 Å². The molecule has 0 fully saturated rings. The number of rotatable bonds is 1. The molecule has 0 saturated heterocycles. The van der Waals surface area contributed by atoms with Gasteiger partial charge in [0.2, 0.25) is 0 Å². The van der Waals surface area contributed by atoms with Gasteiger partial charge in [0, 0.05) is 5.02 Å². The third-order valence-corrected chi connectivity index (χ3v) is 2.51. The van der Waals surface area contributed by atoms with Gasteiger partial charge in [0.05, 0.1) is 18.9 Å². The van der Waals surface area contributed by atoms with Gasteiger partial charge in [-0.25, -0.2) is 0 Å². The molecule has 13 heavy (non-hydrogen) atoms. The molecule has 2 rings (SSSR count). The Bertz CT molecular complexity index is 339. The summed E-state index contributed by atoms with van der Waals surface area (Å²) < 4.78 is 0. The summed E-state index contributed by atoms with van der Waals surface area (Å²) in [5, 5.41) is 3.98. The van der Waals surface area contributed by atoms with Crippen LogP contribution in [-0.2, 0) is 0 Å². The van der Waals surface area contributed by atoms with Gasteiger partial charge in [-0.15, -0.1) is 0 Å². The van der Waals surface area contributed by atoms with Crippen LogP contribution >= 0.6 is 11.6 Å². The molecule has 1 N–H and O–H groups in total. The fraction of sp³-hybridized carbons (Fsp3) is 0.300. The number of aryl methyl sites for hydroxylation is 1. The Balaban J connectivity index is 2.33. The quantitative estimate of drug-likeness (QED) is 0.729. The molecule has 68 valence electrons. The smallest absolute Gasteiger partial charge is 0.0830 e. The molecule has 0 amide bonds. The lowest BCUT2D eigenvalue weighted by molar-refractivity contribution is 0.708. The highest BCUT2D eigenvalue weighted by Gasteiger charge is 2.14. The summed E-state index contributed by atoms with van der Waals surface area (Å²) in [7, 11) is 0. The van der Waals surface area contributed by atoms with E-state index in [0.717, 1.165) is 11.6 Å². The first kappa shape index (κ1) is 8.57. The van der Waals surface area contributed by atoms with E-state index in [4.69, 9.17) is 11.6 Å². The minimum atomic E-state index is 0.304. The SMILES string of the molecule is Cc1ccc(Cl)cc1C1CN=CN1. The van der Waals surface area contributed by atoms with Crippen LogP contribution in [0.5, 0.6) is 0 Å². The average molecular weight is 195 g/mol. The Labute approximate surface area is 82.6 Å². The standard InChI is InChI=1S/C10H11ClN2/c1-7-2-3-8(11)4-9(7)10-5-12-6-13-10/h2-4,6,10H,5H2,1H3,(H,12,13). The Hall–Kier alpha value is -1.02. The molecule has 1 aliphatic rings. The topological polar surface area (TPSA) is 24.4 Å². The van der Waals surface area contributed by atoms with Gasteiger partial charge in [-0.2, -0.15) is 0 Å². The molecule has 1 aromatic carbocycles. The molecule has 3 heteroatoms. The molecule has 1 heterocycles. The first-order valence-electron chi connectivity index (χ1n) is 4.28. The van der Waals surface area contributed by atoms with Crippen molar-refractivity contribution in [2.75, 3.05) is 6.54 Å². The van der Waals surface area contributed by atoms with Crippen molar-refractivity contribution in [1.82, 2.24) is 5.32 Å². The third kappa shape index (κ3) is 1.68. The Kier molecular flexibility index (Phi) is 2.23. The van der Waals surface area contributed by atoms with Gasteiger partial charge in [-0.05, 0) is 30.2 Å². The van der Waals surface area contributed by atoms with Crippen LogP contribution in [-0.4, -0.2) is 12.9 Å². The molecule has 0 radical (unpaired) electrons. The van der Waals surface area contributed by atoms with Crippen molar-refractivity contribution in [2.24, 2.45) is 4.99 Å². The second-order valence-corrected chi connectivity index (χ2v) is 3.65. The molecular formula is C10H11ClN2. The van der Waals surface area contributed by atoms with Gasteiger partial charge in [0.25, 0.3) is 0 Å². The van der Waals surface area contributed by atoms with Gasteiger partial charge >= 0.3 is 0 Å². The third-order valence-electron chi connectivity index (χ3n) is 2.27. The number of hydrogen-bond acceptors (Lipinski definition) is 2. The summed E-state index contributed by atoms with van der Waals surface area (Å²) in [4.78, 5) is 4.13. The first-order chi connectivity index (χ1) is 6.27. The number of aliphatic imine (C=N–C) groups is 1. The normalized spacial score (nSPS) is 20.3. The highest BCUT2D eigenvalue weighted by Crippen LogP contribution is 2.23. The van der Waals surface area contributed by atoms with Crippen LogP contribution in [0.25, 0.3) is 0 Å². The van der Waals surface area contributed by atoms with E-state index in [9.17, 15) is 0 Å².